The van der Waals surface area contributed by atoms with Crippen LogP contribution < -0.4 is 10.2 Å². The van der Waals surface area contributed by atoms with E-state index in [1.165, 1.54) is 11.1 Å². The molecule has 1 heterocycles. The van der Waals surface area contributed by atoms with Gasteiger partial charge in [0.2, 0.25) is 0 Å². The number of benzene rings is 1. The molecule has 2 rings (SSSR count). The van der Waals surface area contributed by atoms with Gasteiger partial charge in [-0.25, -0.2) is 4.98 Å². The molecule has 0 saturated carbocycles. The fraction of sp³-hybridized carbons (Fsp3) is 0.389. The van der Waals surface area contributed by atoms with Crippen molar-refractivity contribution < 1.29 is 0 Å². The highest BCUT2D eigenvalue weighted by molar-refractivity contribution is 5.59. The van der Waals surface area contributed by atoms with Crippen molar-refractivity contribution in [1.29, 1.82) is 0 Å². The molecule has 112 valence electrons. The molecule has 3 heteroatoms. The van der Waals surface area contributed by atoms with Crippen molar-refractivity contribution in [3.63, 3.8) is 0 Å². The normalized spacial score (nSPS) is 12.2. The van der Waals surface area contributed by atoms with Gasteiger partial charge in [0.15, 0.2) is 0 Å². The van der Waals surface area contributed by atoms with Gasteiger partial charge < -0.3 is 10.2 Å². The fourth-order valence-electron chi connectivity index (χ4n) is 2.30. The number of hydrogen-bond acceptors (Lipinski definition) is 3. The van der Waals surface area contributed by atoms with Gasteiger partial charge in [0, 0.05) is 25.0 Å². The van der Waals surface area contributed by atoms with Crippen molar-refractivity contribution in [2.45, 2.75) is 33.2 Å². The number of pyridine rings is 1. The van der Waals surface area contributed by atoms with E-state index in [4.69, 9.17) is 0 Å². The molecule has 1 unspecified atom stereocenters. The first-order valence-electron chi connectivity index (χ1n) is 7.61. The number of rotatable bonds is 6. The first kappa shape index (κ1) is 15.5. The largest absolute Gasteiger partial charge is 0.329 e. The van der Waals surface area contributed by atoms with Crippen LogP contribution in [0.25, 0.3) is 0 Å². The second-order valence-corrected chi connectivity index (χ2v) is 5.52. The lowest BCUT2D eigenvalue weighted by atomic mass is 10.1. The van der Waals surface area contributed by atoms with Gasteiger partial charge in [-0.05, 0) is 56.1 Å². The molecule has 0 aliphatic carbocycles. The van der Waals surface area contributed by atoms with E-state index in [1.807, 2.05) is 6.20 Å². The number of nitrogens with zero attached hydrogens (tertiary/aromatic N) is 2. The average molecular weight is 283 g/mol. The van der Waals surface area contributed by atoms with Crippen molar-refractivity contribution in [2.24, 2.45) is 0 Å². The maximum absolute atomic E-state index is 4.60. The summed E-state index contributed by atoms with van der Waals surface area (Å²) < 4.78 is 0. The van der Waals surface area contributed by atoms with E-state index in [0.717, 1.165) is 24.5 Å². The Morgan fingerprint density at radius 3 is 2.67 bits per heavy atom. The molecule has 3 nitrogen and oxygen atoms in total. The summed E-state index contributed by atoms with van der Waals surface area (Å²) in [5.41, 5.74) is 3.64. The number of aromatic nitrogens is 1. The molecule has 21 heavy (non-hydrogen) atoms. The lowest BCUT2D eigenvalue weighted by molar-refractivity contribution is 0.569. The first-order chi connectivity index (χ1) is 10.1. The summed E-state index contributed by atoms with van der Waals surface area (Å²) in [6.45, 7) is 7.50. The standard InChI is InChI=1S/C18H25N3/c1-5-11-19-15(3)16-9-10-18(20-13-16)21(4)17-8-6-7-14(2)12-17/h6-10,12-13,15,19H,5,11H2,1-4H3. The van der Waals surface area contributed by atoms with Crippen LogP contribution in [-0.4, -0.2) is 18.6 Å². The number of aryl methyl sites for hydroxylation is 1. The van der Waals surface area contributed by atoms with Gasteiger partial charge >= 0.3 is 0 Å². The SMILES string of the molecule is CCCNC(C)c1ccc(N(C)c2cccc(C)c2)nc1. The summed E-state index contributed by atoms with van der Waals surface area (Å²) in [7, 11) is 2.05. The molecular formula is C18H25N3. The van der Waals surface area contributed by atoms with Crippen molar-refractivity contribution >= 4 is 11.5 Å². The zero-order valence-electron chi connectivity index (χ0n) is 13.4. The molecule has 1 aromatic carbocycles. The van der Waals surface area contributed by atoms with E-state index in [1.54, 1.807) is 0 Å². The molecule has 0 aliphatic heterocycles. The Morgan fingerprint density at radius 2 is 2.05 bits per heavy atom. The van der Waals surface area contributed by atoms with Crippen LogP contribution in [0.4, 0.5) is 11.5 Å². The predicted octanol–water partition coefficient (Wildman–Crippen LogP) is 4.22. The maximum atomic E-state index is 4.60. The molecule has 0 saturated heterocycles. The van der Waals surface area contributed by atoms with Gasteiger partial charge in [0.1, 0.15) is 5.82 Å². The zero-order valence-corrected chi connectivity index (χ0v) is 13.4. The highest BCUT2D eigenvalue weighted by atomic mass is 15.2. The lowest BCUT2D eigenvalue weighted by Crippen LogP contribution is -2.19. The summed E-state index contributed by atoms with van der Waals surface area (Å²) >= 11 is 0. The third-order valence-electron chi connectivity index (χ3n) is 3.70. The van der Waals surface area contributed by atoms with Crippen LogP contribution >= 0.6 is 0 Å². The monoisotopic (exact) mass is 283 g/mol. The molecule has 1 N–H and O–H groups in total. The van der Waals surface area contributed by atoms with Crippen molar-refractivity contribution in [1.82, 2.24) is 10.3 Å². The van der Waals surface area contributed by atoms with Crippen LogP contribution in [-0.2, 0) is 0 Å². The Hall–Kier alpha value is -1.87. The molecule has 0 bridgehead atoms. The molecule has 0 radical (unpaired) electrons. The smallest absolute Gasteiger partial charge is 0.132 e. The quantitative estimate of drug-likeness (QED) is 0.860. The van der Waals surface area contributed by atoms with Gasteiger partial charge in [0.25, 0.3) is 0 Å². The van der Waals surface area contributed by atoms with Gasteiger partial charge in [-0.3, -0.25) is 0 Å². The third kappa shape index (κ3) is 4.05. The van der Waals surface area contributed by atoms with E-state index >= 15 is 0 Å². The fourth-order valence-corrected chi connectivity index (χ4v) is 2.30. The molecule has 0 amide bonds. The summed E-state index contributed by atoms with van der Waals surface area (Å²) in [6, 6.07) is 13.0. The van der Waals surface area contributed by atoms with Crippen molar-refractivity contribution in [3.05, 3.63) is 53.7 Å². The highest BCUT2D eigenvalue weighted by Gasteiger charge is 2.08. The van der Waals surface area contributed by atoms with E-state index in [0.29, 0.717) is 6.04 Å². The van der Waals surface area contributed by atoms with Gasteiger partial charge in [0.05, 0.1) is 0 Å². The van der Waals surface area contributed by atoms with E-state index in [9.17, 15) is 0 Å². The van der Waals surface area contributed by atoms with Crippen LogP contribution in [0.3, 0.4) is 0 Å². The van der Waals surface area contributed by atoms with Crippen LogP contribution in [0.2, 0.25) is 0 Å². The van der Waals surface area contributed by atoms with Gasteiger partial charge in [-0.1, -0.05) is 25.1 Å². The minimum absolute atomic E-state index is 0.343. The van der Waals surface area contributed by atoms with Crippen molar-refractivity contribution in [3.8, 4) is 0 Å². The Bertz CT molecular complexity index is 563. The Balaban J connectivity index is 2.11. The van der Waals surface area contributed by atoms with Gasteiger partial charge in [-0.15, -0.1) is 0 Å². The second-order valence-electron chi connectivity index (χ2n) is 5.52. The highest BCUT2D eigenvalue weighted by Crippen LogP contribution is 2.23. The molecule has 0 spiro atoms. The van der Waals surface area contributed by atoms with Crippen molar-refractivity contribution in [2.75, 3.05) is 18.5 Å². The predicted molar refractivity (Wildman–Crippen MR) is 90.2 cm³/mol. The van der Waals surface area contributed by atoms with Crippen LogP contribution in [0, 0.1) is 6.92 Å². The Kier molecular flexibility index (Phi) is 5.34. The maximum Gasteiger partial charge on any atom is 0.132 e. The van der Waals surface area contributed by atoms with Crippen LogP contribution in [0.1, 0.15) is 37.4 Å². The molecule has 0 fully saturated rings. The lowest BCUT2D eigenvalue weighted by Gasteiger charge is -2.20. The summed E-state index contributed by atoms with van der Waals surface area (Å²) in [5.74, 6) is 0.965. The number of anilines is 2. The molecule has 1 atom stereocenters. The minimum Gasteiger partial charge on any atom is -0.329 e. The zero-order chi connectivity index (χ0) is 15.2. The average Bonchev–Trinajstić information content (AvgIpc) is 2.52. The number of hydrogen-bond donors (Lipinski definition) is 1. The summed E-state index contributed by atoms with van der Waals surface area (Å²) in [6.07, 6.45) is 3.11. The second kappa shape index (κ2) is 7.23. The first-order valence-corrected chi connectivity index (χ1v) is 7.61. The molecular weight excluding hydrogens is 258 g/mol. The van der Waals surface area contributed by atoms with Crippen LogP contribution in [0.15, 0.2) is 42.6 Å². The molecule has 1 aromatic heterocycles. The number of nitrogens with one attached hydrogen (secondary N) is 1. The Morgan fingerprint density at radius 1 is 1.24 bits per heavy atom. The Labute approximate surface area is 128 Å². The summed E-state index contributed by atoms with van der Waals surface area (Å²) in [5, 5.41) is 3.48. The molecule has 0 aliphatic rings. The van der Waals surface area contributed by atoms with E-state index in [2.05, 4.69) is 79.4 Å². The van der Waals surface area contributed by atoms with E-state index < -0.39 is 0 Å². The third-order valence-corrected chi connectivity index (χ3v) is 3.70. The topological polar surface area (TPSA) is 28.2 Å². The van der Waals surface area contributed by atoms with Gasteiger partial charge in [-0.2, -0.15) is 0 Å². The molecule has 2 aromatic rings. The van der Waals surface area contributed by atoms with Crippen LogP contribution in [0.5, 0.6) is 0 Å². The van der Waals surface area contributed by atoms with E-state index in [-0.39, 0.29) is 0 Å². The minimum atomic E-state index is 0.343. The summed E-state index contributed by atoms with van der Waals surface area (Å²) in [4.78, 5) is 6.71.